The van der Waals surface area contributed by atoms with Crippen LogP contribution >= 0.6 is 0 Å². The summed E-state index contributed by atoms with van der Waals surface area (Å²) in [6.07, 6.45) is 4.77. The van der Waals surface area contributed by atoms with Gasteiger partial charge < -0.3 is 14.8 Å². The standard InChI is InChI=1S/C22H22FN5O3/c1-14(24-10-15-2-4-16(23)5-3-15)18-19(29)20(30)28-9-8-27(11-17-12-31-13-25-17)22(6-7-22)21(28)26-18/h2-5,12-13,24,29H,1,6-11H2. The summed E-state index contributed by atoms with van der Waals surface area (Å²) < 4.78 is 19.8. The number of halogens is 1. The Morgan fingerprint density at radius 2 is 2.06 bits per heavy atom. The molecule has 0 amide bonds. The predicted octanol–water partition coefficient (Wildman–Crippen LogP) is 2.34. The van der Waals surface area contributed by atoms with Gasteiger partial charge in [0.25, 0.3) is 5.56 Å². The Morgan fingerprint density at radius 3 is 2.74 bits per heavy atom. The molecule has 0 atom stereocenters. The largest absolute Gasteiger partial charge is 0.501 e. The van der Waals surface area contributed by atoms with Crippen LogP contribution in [0.4, 0.5) is 4.39 Å². The zero-order chi connectivity index (χ0) is 21.6. The van der Waals surface area contributed by atoms with Gasteiger partial charge in [-0.3, -0.25) is 14.3 Å². The smallest absolute Gasteiger partial charge is 0.296 e. The number of benzene rings is 1. The average Bonchev–Trinajstić information content (AvgIpc) is 3.38. The minimum Gasteiger partial charge on any atom is -0.501 e. The molecule has 0 radical (unpaired) electrons. The lowest BCUT2D eigenvalue weighted by Gasteiger charge is -2.37. The number of fused-ring (bicyclic) bond motifs is 2. The first kappa shape index (κ1) is 19.5. The van der Waals surface area contributed by atoms with Crippen molar-refractivity contribution in [1.82, 2.24) is 24.8 Å². The van der Waals surface area contributed by atoms with Crippen LogP contribution in [0.1, 0.15) is 35.6 Å². The van der Waals surface area contributed by atoms with E-state index in [9.17, 15) is 14.3 Å². The maximum Gasteiger partial charge on any atom is 0.296 e. The molecule has 2 N–H and O–H groups in total. The van der Waals surface area contributed by atoms with E-state index < -0.39 is 11.3 Å². The van der Waals surface area contributed by atoms with E-state index in [0.29, 0.717) is 37.7 Å². The molecule has 5 rings (SSSR count). The summed E-state index contributed by atoms with van der Waals surface area (Å²) >= 11 is 0. The third-order valence-electron chi connectivity index (χ3n) is 6.03. The van der Waals surface area contributed by atoms with Crippen LogP contribution in [0, 0.1) is 5.82 Å². The second-order valence-corrected chi connectivity index (χ2v) is 7.98. The molecule has 1 aliphatic heterocycles. The number of aromatic hydroxyl groups is 1. The van der Waals surface area contributed by atoms with E-state index in [0.717, 1.165) is 24.1 Å². The van der Waals surface area contributed by atoms with Gasteiger partial charge in [0.2, 0.25) is 5.75 Å². The summed E-state index contributed by atoms with van der Waals surface area (Å²) in [6, 6.07) is 6.07. The Morgan fingerprint density at radius 1 is 1.29 bits per heavy atom. The fourth-order valence-corrected chi connectivity index (χ4v) is 4.19. The summed E-state index contributed by atoms with van der Waals surface area (Å²) in [4.78, 5) is 24.1. The van der Waals surface area contributed by atoms with Crippen LogP contribution < -0.4 is 10.9 Å². The van der Waals surface area contributed by atoms with E-state index in [-0.39, 0.29) is 17.1 Å². The molecule has 2 aromatic heterocycles. The molecule has 0 bridgehead atoms. The Bertz CT molecular complexity index is 1180. The Hall–Kier alpha value is -3.46. The van der Waals surface area contributed by atoms with Crippen LogP contribution in [0.3, 0.4) is 0 Å². The maximum absolute atomic E-state index is 13.1. The molecule has 3 heterocycles. The summed E-state index contributed by atoms with van der Waals surface area (Å²) in [5.41, 5.74) is 1.34. The van der Waals surface area contributed by atoms with Gasteiger partial charge in [-0.15, -0.1) is 0 Å². The molecule has 1 aromatic carbocycles. The molecular weight excluding hydrogens is 401 g/mol. The molecule has 0 unspecified atom stereocenters. The number of aromatic nitrogens is 3. The van der Waals surface area contributed by atoms with E-state index >= 15 is 0 Å². The molecule has 2 aliphatic rings. The van der Waals surface area contributed by atoms with E-state index in [2.05, 4.69) is 21.8 Å². The van der Waals surface area contributed by atoms with Crippen molar-refractivity contribution in [3.05, 3.63) is 82.4 Å². The molecule has 1 aliphatic carbocycles. The average molecular weight is 423 g/mol. The zero-order valence-electron chi connectivity index (χ0n) is 16.8. The molecule has 3 aromatic rings. The van der Waals surface area contributed by atoms with Crippen molar-refractivity contribution in [2.45, 2.75) is 38.0 Å². The number of nitrogens with one attached hydrogen (secondary N) is 1. The molecule has 1 spiro atoms. The van der Waals surface area contributed by atoms with Gasteiger partial charge in [0.1, 0.15) is 23.6 Å². The van der Waals surface area contributed by atoms with Gasteiger partial charge in [-0.1, -0.05) is 18.7 Å². The van der Waals surface area contributed by atoms with Crippen LogP contribution in [0.15, 0.2) is 52.7 Å². The van der Waals surface area contributed by atoms with Gasteiger partial charge >= 0.3 is 0 Å². The number of hydrogen-bond donors (Lipinski definition) is 2. The molecule has 31 heavy (non-hydrogen) atoms. The lowest BCUT2D eigenvalue weighted by Crippen LogP contribution is -2.48. The molecule has 1 fully saturated rings. The van der Waals surface area contributed by atoms with Gasteiger partial charge in [0, 0.05) is 26.2 Å². The van der Waals surface area contributed by atoms with E-state index in [1.165, 1.54) is 18.5 Å². The van der Waals surface area contributed by atoms with Gasteiger partial charge in [0.05, 0.1) is 16.9 Å². The second-order valence-electron chi connectivity index (χ2n) is 7.98. The van der Waals surface area contributed by atoms with E-state index in [1.54, 1.807) is 23.0 Å². The first-order chi connectivity index (χ1) is 15.0. The van der Waals surface area contributed by atoms with Crippen LogP contribution in [0.2, 0.25) is 0 Å². The summed E-state index contributed by atoms with van der Waals surface area (Å²) in [5.74, 6) is -0.0830. The molecule has 8 nitrogen and oxygen atoms in total. The lowest BCUT2D eigenvalue weighted by molar-refractivity contribution is 0.116. The van der Waals surface area contributed by atoms with Gasteiger partial charge in [-0.05, 0) is 30.5 Å². The SMILES string of the molecule is C=C(NCc1ccc(F)cc1)c1nc2n(c(=O)c1O)CCN(Cc1cocn1)C21CC1. The van der Waals surface area contributed by atoms with Gasteiger partial charge in [-0.2, -0.15) is 0 Å². The number of rotatable bonds is 6. The highest BCUT2D eigenvalue weighted by atomic mass is 19.1. The third-order valence-corrected chi connectivity index (χ3v) is 6.03. The van der Waals surface area contributed by atoms with Crippen molar-refractivity contribution in [3.8, 4) is 5.75 Å². The Balaban J connectivity index is 1.43. The van der Waals surface area contributed by atoms with Crippen LogP contribution in [-0.4, -0.2) is 31.1 Å². The molecule has 9 heteroatoms. The van der Waals surface area contributed by atoms with Crippen LogP contribution in [0.5, 0.6) is 5.75 Å². The highest BCUT2D eigenvalue weighted by molar-refractivity contribution is 5.63. The highest BCUT2D eigenvalue weighted by Crippen LogP contribution is 2.52. The fraction of sp³-hybridized carbons (Fsp3) is 0.318. The van der Waals surface area contributed by atoms with Crippen molar-refractivity contribution in [2.24, 2.45) is 0 Å². The van der Waals surface area contributed by atoms with E-state index in [1.807, 2.05) is 0 Å². The number of nitrogens with zero attached hydrogens (tertiary/aromatic N) is 4. The van der Waals surface area contributed by atoms with Crippen LogP contribution in [0.25, 0.3) is 5.70 Å². The summed E-state index contributed by atoms with van der Waals surface area (Å²) in [7, 11) is 0. The number of oxazole rings is 1. The van der Waals surface area contributed by atoms with Crippen LogP contribution in [-0.2, 0) is 25.2 Å². The van der Waals surface area contributed by atoms with Gasteiger partial charge in [-0.25, -0.2) is 14.4 Å². The van der Waals surface area contributed by atoms with Crippen molar-refractivity contribution >= 4 is 5.70 Å². The van der Waals surface area contributed by atoms with Gasteiger partial charge in [0.15, 0.2) is 6.39 Å². The summed E-state index contributed by atoms with van der Waals surface area (Å²) in [6.45, 7) is 6.02. The Kier molecular flexibility index (Phi) is 4.62. The highest BCUT2D eigenvalue weighted by Gasteiger charge is 2.55. The third kappa shape index (κ3) is 3.40. The topological polar surface area (TPSA) is 96.4 Å². The molecule has 160 valence electrons. The predicted molar refractivity (Wildman–Crippen MR) is 110 cm³/mol. The Labute approximate surface area is 177 Å². The van der Waals surface area contributed by atoms with Crippen molar-refractivity contribution in [1.29, 1.82) is 0 Å². The minimum absolute atomic E-state index is 0.146. The molecule has 1 saturated carbocycles. The molecular formula is C22H22FN5O3. The fourth-order valence-electron chi connectivity index (χ4n) is 4.19. The maximum atomic E-state index is 13.1. The van der Waals surface area contributed by atoms with Crippen molar-refractivity contribution in [2.75, 3.05) is 6.54 Å². The van der Waals surface area contributed by atoms with Crippen molar-refractivity contribution in [3.63, 3.8) is 0 Å². The van der Waals surface area contributed by atoms with Crippen molar-refractivity contribution < 1.29 is 13.9 Å². The lowest BCUT2D eigenvalue weighted by atomic mass is 10.1. The normalized spacial score (nSPS) is 16.8. The molecule has 0 saturated heterocycles. The first-order valence-corrected chi connectivity index (χ1v) is 10.1. The quantitative estimate of drug-likeness (QED) is 0.628. The van der Waals surface area contributed by atoms with E-state index in [4.69, 9.17) is 9.40 Å². The monoisotopic (exact) mass is 423 g/mol. The number of hydrogen-bond acceptors (Lipinski definition) is 7. The second kappa shape index (κ2) is 7.35. The minimum atomic E-state index is -0.461. The summed E-state index contributed by atoms with van der Waals surface area (Å²) in [5, 5.41) is 13.6. The zero-order valence-corrected chi connectivity index (χ0v) is 16.8. The first-order valence-electron chi connectivity index (χ1n) is 10.1.